The molecule has 0 aromatic heterocycles. The van der Waals surface area contributed by atoms with E-state index in [1.165, 1.54) is 6.92 Å². The maximum atomic E-state index is 11.5. The number of carboxylic acid groups (broad SMARTS) is 1. The second kappa shape index (κ2) is 5.66. The smallest absolute Gasteiger partial charge is 0.320 e. The Bertz CT molecular complexity index is 350. The maximum Gasteiger partial charge on any atom is 0.320 e. The van der Waals surface area contributed by atoms with Crippen molar-refractivity contribution in [3.63, 3.8) is 0 Å². The van der Waals surface area contributed by atoms with E-state index in [1.54, 1.807) is 6.92 Å². The highest BCUT2D eigenvalue weighted by molar-refractivity contribution is 5.82. The first-order valence-electron chi connectivity index (χ1n) is 5.33. The van der Waals surface area contributed by atoms with Crippen molar-refractivity contribution in [1.29, 1.82) is 0 Å². The Morgan fingerprint density at radius 3 is 2.76 bits per heavy atom. The van der Waals surface area contributed by atoms with Gasteiger partial charge in [-0.1, -0.05) is 6.42 Å². The van der Waals surface area contributed by atoms with Crippen molar-refractivity contribution in [2.75, 3.05) is 0 Å². The summed E-state index contributed by atoms with van der Waals surface area (Å²) in [6.45, 7) is 3.23. The molecule has 1 saturated heterocycles. The lowest BCUT2D eigenvalue weighted by Crippen LogP contribution is -2.49. The predicted octanol–water partition coefficient (Wildman–Crippen LogP) is -0.493. The summed E-state index contributed by atoms with van der Waals surface area (Å²) in [5.41, 5.74) is 2.57. The predicted molar refractivity (Wildman–Crippen MR) is 59.7 cm³/mol. The van der Waals surface area contributed by atoms with Crippen LogP contribution in [0.15, 0.2) is 0 Å². The van der Waals surface area contributed by atoms with Crippen molar-refractivity contribution in [3.05, 3.63) is 0 Å². The van der Waals surface area contributed by atoms with E-state index in [0.29, 0.717) is 0 Å². The molecule has 0 aliphatic carbocycles. The van der Waals surface area contributed by atoms with Gasteiger partial charge in [-0.25, -0.2) is 0 Å². The zero-order valence-corrected chi connectivity index (χ0v) is 9.77. The molecule has 17 heavy (non-hydrogen) atoms. The van der Waals surface area contributed by atoms with E-state index in [-0.39, 0.29) is 30.2 Å². The fourth-order valence-electron chi connectivity index (χ4n) is 2.10. The maximum absolute atomic E-state index is 11.5. The van der Waals surface area contributed by atoms with Crippen LogP contribution in [0, 0.1) is 18.4 Å². The minimum atomic E-state index is -0.955. The molecular formula is C11H16N2O4. The lowest BCUT2D eigenvalue weighted by molar-refractivity contribution is -0.139. The molecule has 1 heterocycles. The number of rotatable bonds is 5. The second-order valence-corrected chi connectivity index (χ2v) is 4.16. The third kappa shape index (κ3) is 3.19. The van der Waals surface area contributed by atoms with Gasteiger partial charge in [0.05, 0.1) is 6.04 Å². The van der Waals surface area contributed by atoms with Crippen LogP contribution in [0.3, 0.4) is 0 Å². The van der Waals surface area contributed by atoms with Crippen molar-refractivity contribution in [3.8, 4) is 12.5 Å². The van der Waals surface area contributed by atoms with Gasteiger partial charge in [0.25, 0.3) is 0 Å². The van der Waals surface area contributed by atoms with Crippen molar-refractivity contribution >= 4 is 11.8 Å². The lowest BCUT2D eigenvalue weighted by atomic mass is 9.91. The molecule has 1 aliphatic heterocycles. The number of hydrogen-bond donors (Lipinski definition) is 3. The first-order chi connectivity index (χ1) is 7.97. The number of carbonyl (C=O) groups excluding carboxylic acids is 1. The first-order valence-corrected chi connectivity index (χ1v) is 5.33. The Morgan fingerprint density at radius 2 is 2.29 bits per heavy atom. The molecule has 0 aromatic rings. The third-order valence-electron chi connectivity index (χ3n) is 2.98. The van der Waals surface area contributed by atoms with Gasteiger partial charge in [0.1, 0.15) is 17.9 Å². The molecule has 1 fully saturated rings. The molecule has 0 radical (unpaired) electrons. The van der Waals surface area contributed by atoms with Gasteiger partial charge in [-0.15, -0.1) is 5.48 Å². The molecule has 6 heteroatoms. The molecule has 0 aromatic carbocycles. The molecule has 1 rings (SSSR count). The van der Waals surface area contributed by atoms with Crippen molar-refractivity contribution in [2.45, 2.75) is 38.4 Å². The van der Waals surface area contributed by atoms with E-state index in [9.17, 15) is 9.59 Å². The van der Waals surface area contributed by atoms with Crippen LogP contribution >= 0.6 is 0 Å². The monoisotopic (exact) mass is 240 g/mol. The molecule has 0 amide bonds. The molecule has 6 nitrogen and oxygen atoms in total. The number of carboxylic acids is 1. The van der Waals surface area contributed by atoms with Gasteiger partial charge in [-0.3, -0.25) is 14.9 Å². The first kappa shape index (κ1) is 13.5. The van der Waals surface area contributed by atoms with Crippen LogP contribution in [-0.2, 0) is 14.4 Å². The highest BCUT2D eigenvalue weighted by atomic mass is 16.6. The molecule has 4 unspecified atom stereocenters. The van der Waals surface area contributed by atoms with E-state index in [4.69, 9.17) is 11.5 Å². The van der Waals surface area contributed by atoms with Gasteiger partial charge in [0.15, 0.2) is 0 Å². The summed E-state index contributed by atoms with van der Waals surface area (Å²) < 4.78 is 0. The highest BCUT2D eigenvalue weighted by Gasteiger charge is 2.42. The van der Waals surface area contributed by atoms with Crippen LogP contribution in [0.2, 0.25) is 0 Å². The van der Waals surface area contributed by atoms with Crippen LogP contribution in [0.25, 0.3) is 0 Å². The lowest BCUT2D eigenvalue weighted by Gasteiger charge is -2.23. The third-order valence-corrected chi connectivity index (χ3v) is 2.98. The zero-order chi connectivity index (χ0) is 13.0. The topological polar surface area (TPSA) is 87.7 Å². The summed E-state index contributed by atoms with van der Waals surface area (Å²) in [4.78, 5) is 27.0. The number of hydrogen-bond acceptors (Lipinski definition) is 5. The summed E-state index contributed by atoms with van der Waals surface area (Å²) in [5, 5.41) is 11.8. The van der Waals surface area contributed by atoms with E-state index in [1.807, 2.05) is 6.11 Å². The fourth-order valence-corrected chi connectivity index (χ4v) is 2.10. The Hall–Kier alpha value is -1.58. The minimum absolute atomic E-state index is 0.0411. The molecule has 3 N–H and O–H groups in total. The Labute approximate surface area is 99.7 Å². The summed E-state index contributed by atoms with van der Waals surface area (Å²) in [6, 6.07) is -1.27. The Balaban J connectivity index is 2.71. The quantitative estimate of drug-likeness (QED) is 0.444. The SMILES string of the molecule is C#CONC(C)C1NC(C(=O)O)CC1C(C)=O. The molecular weight excluding hydrogens is 224 g/mol. The Morgan fingerprint density at radius 1 is 1.65 bits per heavy atom. The van der Waals surface area contributed by atoms with Crippen LogP contribution in [-0.4, -0.2) is 35.0 Å². The van der Waals surface area contributed by atoms with Crippen molar-refractivity contribution in [2.24, 2.45) is 5.92 Å². The average molecular weight is 240 g/mol. The van der Waals surface area contributed by atoms with E-state index < -0.39 is 12.0 Å². The Kier molecular flexibility index (Phi) is 4.49. The van der Waals surface area contributed by atoms with E-state index in [2.05, 4.69) is 15.6 Å². The molecule has 1 aliphatic rings. The molecule has 94 valence electrons. The zero-order valence-electron chi connectivity index (χ0n) is 9.77. The summed E-state index contributed by atoms with van der Waals surface area (Å²) in [6.07, 6.45) is 7.18. The fraction of sp³-hybridized carbons (Fsp3) is 0.636. The second-order valence-electron chi connectivity index (χ2n) is 4.16. The standard InChI is InChI=1S/C11H16N2O4/c1-4-17-13-6(2)10-8(7(3)14)5-9(12-10)11(15)16/h1,6,8-10,12-13H,5H2,2-3H3,(H,15,16). The number of ketones is 1. The van der Waals surface area contributed by atoms with Gasteiger partial charge in [0, 0.05) is 12.0 Å². The van der Waals surface area contributed by atoms with Gasteiger partial charge < -0.3 is 9.94 Å². The van der Waals surface area contributed by atoms with Gasteiger partial charge in [-0.05, 0) is 20.3 Å². The minimum Gasteiger partial charge on any atom is -0.480 e. The van der Waals surface area contributed by atoms with Crippen LogP contribution in [0.1, 0.15) is 20.3 Å². The molecule has 0 spiro atoms. The molecule has 0 bridgehead atoms. The molecule has 4 atom stereocenters. The summed E-state index contributed by atoms with van der Waals surface area (Å²) in [5.74, 6) is -1.34. The van der Waals surface area contributed by atoms with E-state index >= 15 is 0 Å². The largest absolute Gasteiger partial charge is 0.480 e. The number of aliphatic carboxylic acids is 1. The summed E-state index contributed by atoms with van der Waals surface area (Å²) >= 11 is 0. The normalized spacial score (nSPS) is 29.4. The number of hydroxylamine groups is 1. The number of terminal acetylenes is 1. The van der Waals surface area contributed by atoms with Crippen LogP contribution < -0.4 is 10.8 Å². The average Bonchev–Trinajstić information content (AvgIpc) is 2.70. The van der Waals surface area contributed by atoms with Crippen molar-refractivity contribution in [1.82, 2.24) is 10.8 Å². The van der Waals surface area contributed by atoms with Gasteiger partial charge >= 0.3 is 5.97 Å². The van der Waals surface area contributed by atoms with Crippen molar-refractivity contribution < 1.29 is 19.5 Å². The highest BCUT2D eigenvalue weighted by Crippen LogP contribution is 2.24. The van der Waals surface area contributed by atoms with Gasteiger partial charge in [0.2, 0.25) is 0 Å². The van der Waals surface area contributed by atoms with E-state index in [0.717, 1.165) is 0 Å². The van der Waals surface area contributed by atoms with Gasteiger partial charge in [-0.2, -0.15) is 0 Å². The summed E-state index contributed by atoms with van der Waals surface area (Å²) in [7, 11) is 0. The molecule has 0 saturated carbocycles. The van der Waals surface area contributed by atoms with Crippen LogP contribution in [0.5, 0.6) is 0 Å². The number of Topliss-reactive ketones (excluding diaryl/α,β-unsaturated/α-hetero) is 1. The number of nitrogens with one attached hydrogen (secondary N) is 2. The number of carbonyl (C=O) groups is 2. The van der Waals surface area contributed by atoms with Crippen LogP contribution in [0.4, 0.5) is 0 Å².